The van der Waals surface area contributed by atoms with Gasteiger partial charge in [0, 0.05) is 49.9 Å². The van der Waals surface area contributed by atoms with Crippen molar-refractivity contribution >= 4 is 29.2 Å². The molecule has 136 valence electrons. The summed E-state index contributed by atoms with van der Waals surface area (Å²) in [6, 6.07) is 6.95. The van der Waals surface area contributed by atoms with Gasteiger partial charge in [-0.15, -0.1) is 0 Å². The van der Waals surface area contributed by atoms with E-state index in [2.05, 4.69) is 10.2 Å². The molecule has 2 aliphatic heterocycles. The van der Waals surface area contributed by atoms with Gasteiger partial charge in [-0.3, -0.25) is 4.79 Å². The number of halogens is 1. The Kier molecular flexibility index (Phi) is 6.15. The molecule has 7 heteroatoms. The van der Waals surface area contributed by atoms with Crippen molar-refractivity contribution in [2.45, 2.75) is 19.3 Å². The molecule has 0 spiro atoms. The van der Waals surface area contributed by atoms with Crippen molar-refractivity contribution < 1.29 is 9.59 Å². The maximum absolute atomic E-state index is 12.3. The van der Waals surface area contributed by atoms with E-state index in [4.69, 9.17) is 11.6 Å². The quantitative estimate of drug-likeness (QED) is 0.893. The second-order valence-corrected chi connectivity index (χ2v) is 7.04. The van der Waals surface area contributed by atoms with E-state index in [-0.39, 0.29) is 11.9 Å². The third kappa shape index (κ3) is 5.09. The molecule has 0 atom stereocenters. The molecule has 2 fully saturated rings. The maximum atomic E-state index is 12.3. The predicted octanol–water partition coefficient (Wildman–Crippen LogP) is 2.50. The summed E-state index contributed by atoms with van der Waals surface area (Å²) >= 11 is 5.93. The lowest BCUT2D eigenvalue weighted by molar-refractivity contribution is -0.132. The molecule has 0 radical (unpaired) electrons. The number of nitrogens with zero attached hydrogens (tertiary/aromatic N) is 3. The molecule has 0 aliphatic carbocycles. The zero-order valence-electron chi connectivity index (χ0n) is 14.4. The lowest BCUT2D eigenvalue weighted by atomic mass is 10.2. The molecule has 1 aromatic carbocycles. The molecule has 3 rings (SSSR count). The van der Waals surface area contributed by atoms with Crippen LogP contribution in [0, 0.1) is 0 Å². The van der Waals surface area contributed by atoms with Crippen molar-refractivity contribution in [3.63, 3.8) is 0 Å². The number of benzene rings is 1. The zero-order valence-corrected chi connectivity index (χ0v) is 15.2. The number of nitrogens with one attached hydrogen (secondary N) is 1. The van der Waals surface area contributed by atoms with Crippen LogP contribution in [0.3, 0.4) is 0 Å². The van der Waals surface area contributed by atoms with E-state index in [0.717, 1.165) is 19.6 Å². The summed E-state index contributed by atoms with van der Waals surface area (Å²) in [7, 11) is 0. The summed E-state index contributed by atoms with van der Waals surface area (Å²) in [5, 5.41) is 3.44. The standard InChI is InChI=1S/C18H25ClN4O2/c19-15-4-3-5-16(14-15)20-18(25)23-12-10-22(11-13-23)17(24)6-9-21-7-1-2-8-21/h3-5,14H,1-2,6-13H2,(H,20,25). The number of carbonyl (C=O) groups is 2. The van der Waals surface area contributed by atoms with Gasteiger partial charge in [0.15, 0.2) is 0 Å². The Morgan fingerprint density at radius 3 is 2.36 bits per heavy atom. The molecule has 25 heavy (non-hydrogen) atoms. The summed E-state index contributed by atoms with van der Waals surface area (Å²) in [6.07, 6.45) is 3.07. The van der Waals surface area contributed by atoms with E-state index in [9.17, 15) is 9.59 Å². The Bertz CT molecular complexity index is 611. The first-order valence-corrected chi connectivity index (χ1v) is 9.31. The van der Waals surface area contributed by atoms with Crippen LogP contribution in [0.25, 0.3) is 0 Å². The summed E-state index contributed by atoms with van der Waals surface area (Å²) in [5.41, 5.74) is 0.682. The molecule has 0 unspecified atom stereocenters. The van der Waals surface area contributed by atoms with Gasteiger partial charge in [-0.05, 0) is 44.1 Å². The highest BCUT2D eigenvalue weighted by Crippen LogP contribution is 2.16. The van der Waals surface area contributed by atoms with E-state index in [1.165, 1.54) is 12.8 Å². The number of hydrogen-bond acceptors (Lipinski definition) is 3. The van der Waals surface area contributed by atoms with Gasteiger partial charge in [-0.2, -0.15) is 0 Å². The molecule has 1 N–H and O–H groups in total. The van der Waals surface area contributed by atoms with Crippen LogP contribution in [0.4, 0.5) is 10.5 Å². The smallest absolute Gasteiger partial charge is 0.321 e. The summed E-state index contributed by atoms with van der Waals surface area (Å²) in [4.78, 5) is 30.6. The highest BCUT2D eigenvalue weighted by molar-refractivity contribution is 6.30. The highest BCUT2D eigenvalue weighted by Gasteiger charge is 2.24. The fourth-order valence-electron chi connectivity index (χ4n) is 3.35. The third-order valence-corrected chi connectivity index (χ3v) is 5.07. The Balaban J connectivity index is 1.41. The largest absolute Gasteiger partial charge is 0.339 e. The van der Waals surface area contributed by atoms with E-state index >= 15 is 0 Å². The summed E-state index contributed by atoms with van der Waals surface area (Å²) in [5.74, 6) is 0.196. The van der Waals surface area contributed by atoms with E-state index in [0.29, 0.717) is 43.3 Å². The molecule has 3 amide bonds. The molecule has 1 aromatic rings. The van der Waals surface area contributed by atoms with Gasteiger partial charge in [0.1, 0.15) is 0 Å². The van der Waals surface area contributed by atoms with Crippen LogP contribution in [0.5, 0.6) is 0 Å². The molecule has 2 aliphatic rings. The first-order valence-electron chi connectivity index (χ1n) is 8.93. The zero-order chi connectivity index (χ0) is 17.6. The molecule has 2 heterocycles. The second-order valence-electron chi connectivity index (χ2n) is 6.61. The topological polar surface area (TPSA) is 55.9 Å². The number of likely N-dealkylation sites (tertiary alicyclic amines) is 1. The van der Waals surface area contributed by atoms with Crippen LogP contribution in [0.2, 0.25) is 5.02 Å². The van der Waals surface area contributed by atoms with Crippen molar-refractivity contribution in [1.82, 2.24) is 14.7 Å². The Morgan fingerprint density at radius 2 is 1.68 bits per heavy atom. The molecular formula is C18H25ClN4O2. The predicted molar refractivity (Wildman–Crippen MR) is 98.9 cm³/mol. The van der Waals surface area contributed by atoms with Gasteiger partial charge < -0.3 is 20.0 Å². The van der Waals surface area contributed by atoms with Gasteiger partial charge in [-0.25, -0.2) is 4.79 Å². The monoisotopic (exact) mass is 364 g/mol. The first-order chi connectivity index (χ1) is 12.1. The highest BCUT2D eigenvalue weighted by atomic mass is 35.5. The number of piperazine rings is 1. The number of carbonyl (C=O) groups excluding carboxylic acids is 2. The minimum absolute atomic E-state index is 0.147. The second kappa shape index (κ2) is 8.54. The molecule has 0 aromatic heterocycles. The Labute approximate surface area is 153 Å². The van der Waals surface area contributed by atoms with Crippen molar-refractivity contribution in [3.05, 3.63) is 29.3 Å². The van der Waals surface area contributed by atoms with Crippen LogP contribution in [0.15, 0.2) is 24.3 Å². The Hall–Kier alpha value is -1.79. The first kappa shape index (κ1) is 18.0. The lowest BCUT2D eigenvalue weighted by Gasteiger charge is -2.35. The average Bonchev–Trinajstić information content (AvgIpc) is 3.13. The fraction of sp³-hybridized carbons (Fsp3) is 0.556. The maximum Gasteiger partial charge on any atom is 0.321 e. The van der Waals surface area contributed by atoms with Crippen LogP contribution >= 0.6 is 11.6 Å². The fourth-order valence-corrected chi connectivity index (χ4v) is 3.54. The molecular weight excluding hydrogens is 340 g/mol. The third-order valence-electron chi connectivity index (χ3n) is 4.84. The molecule has 0 bridgehead atoms. The van der Waals surface area contributed by atoms with Crippen LogP contribution in [0.1, 0.15) is 19.3 Å². The molecule has 0 saturated carbocycles. The summed E-state index contributed by atoms with van der Waals surface area (Å²) in [6.45, 7) is 5.40. The van der Waals surface area contributed by atoms with Gasteiger partial charge >= 0.3 is 6.03 Å². The SMILES string of the molecule is O=C(CCN1CCCC1)N1CCN(C(=O)Nc2cccc(Cl)c2)CC1. The normalized spacial score (nSPS) is 18.4. The van der Waals surface area contributed by atoms with Crippen LogP contribution < -0.4 is 5.32 Å². The van der Waals surface area contributed by atoms with Crippen LogP contribution in [-0.2, 0) is 4.79 Å². The van der Waals surface area contributed by atoms with Gasteiger partial charge in [0.25, 0.3) is 0 Å². The van der Waals surface area contributed by atoms with Gasteiger partial charge in [0.05, 0.1) is 0 Å². The van der Waals surface area contributed by atoms with Crippen molar-refractivity contribution in [3.8, 4) is 0 Å². The van der Waals surface area contributed by atoms with Gasteiger partial charge in [-0.1, -0.05) is 17.7 Å². The van der Waals surface area contributed by atoms with Crippen molar-refractivity contribution in [2.75, 3.05) is 51.1 Å². The number of rotatable bonds is 4. The van der Waals surface area contributed by atoms with E-state index in [1.807, 2.05) is 11.0 Å². The number of hydrogen-bond donors (Lipinski definition) is 1. The number of amides is 3. The Morgan fingerprint density at radius 1 is 1.00 bits per heavy atom. The average molecular weight is 365 g/mol. The van der Waals surface area contributed by atoms with Crippen molar-refractivity contribution in [2.24, 2.45) is 0 Å². The lowest BCUT2D eigenvalue weighted by Crippen LogP contribution is -2.52. The molecule has 6 nitrogen and oxygen atoms in total. The number of urea groups is 1. The number of anilines is 1. The van der Waals surface area contributed by atoms with Gasteiger partial charge in [0.2, 0.25) is 5.91 Å². The van der Waals surface area contributed by atoms with Crippen molar-refractivity contribution in [1.29, 1.82) is 0 Å². The van der Waals surface area contributed by atoms with Crippen LogP contribution in [-0.4, -0.2) is 72.5 Å². The van der Waals surface area contributed by atoms with E-state index < -0.39 is 0 Å². The minimum atomic E-state index is -0.147. The van der Waals surface area contributed by atoms with E-state index in [1.54, 1.807) is 23.1 Å². The minimum Gasteiger partial charge on any atom is -0.339 e. The summed E-state index contributed by atoms with van der Waals surface area (Å²) < 4.78 is 0. The molecule has 2 saturated heterocycles.